The van der Waals surface area contributed by atoms with Crippen LogP contribution in [0.5, 0.6) is 0 Å². The second-order valence-corrected chi connectivity index (χ2v) is 9.84. The van der Waals surface area contributed by atoms with Crippen molar-refractivity contribution in [3.05, 3.63) is 107 Å². The van der Waals surface area contributed by atoms with Crippen molar-refractivity contribution in [2.24, 2.45) is 0 Å². The second kappa shape index (κ2) is 16.9. The first-order valence-corrected chi connectivity index (χ1v) is 13.4. The lowest BCUT2D eigenvalue weighted by atomic mass is 10.0. The van der Waals surface area contributed by atoms with Crippen molar-refractivity contribution in [2.45, 2.75) is 72.2 Å². The molecule has 8 nitrogen and oxygen atoms in total. The number of pyridine rings is 2. The molecule has 0 bridgehead atoms. The largest absolute Gasteiger partial charge is 0.396 e. The number of allylic oxidation sites excluding steroid dienone is 6. The van der Waals surface area contributed by atoms with E-state index in [0.717, 1.165) is 31.3 Å². The lowest BCUT2D eigenvalue weighted by Gasteiger charge is -2.25. The van der Waals surface area contributed by atoms with E-state index >= 15 is 0 Å². The summed E-state index contributed by atoms with van der Waals surface area (Å²) < 4.78 is 10.5. The molecule has 2 heterocycles. The summed E-state index contributed by atoms with van der Waals surface area (Å²) >= 11 is 0. The Bertz CT molecular complexity index is 1160. The predicted molar refractivity (Wildman–Crippen MR) is 154 cm³/mol. The fourth-order valence-electron chi connectivity index (χ4n) is 3.77. The number of carbonyl (C=O) groups is 2. The monoisotopic (exact) mass is 548 g/mol. The lowest BCUT2D eigenvalue weighted by Crippen LogP contribution is -2.38. The van der Waals surface area contributed by atoms with Gasteiger partial charge in [-0.3, -0.25) is 9.97 Å². The van der Waals surface area contributed by atoms with Gasteiger partial charge in [0.15, 0.2) is 0 Å². The molecule has 0 aromatic carbocycles. The van der Waals surface area contributed by atoms with E-state index in [4.69, 9.17) is 9.47 Å². The van der Waals surface area contributed by atoms with Crippen molar-refractivity contribution in [1.82, 2.24) is 9.97 Å². The molecule has 8 heteroatoms. The quantitative estimate of drug-likeness (QED) is 0.152. The summed E-state index contributed by atoms with van der Waals surface area (Å²) in [7, 11) is 0. The van der Waals surface area contributed by atoms with E-state index < -0.39 is 17.9 Å². The van der Waals surface area contributed by atoms with Crippen LogP contribution in [0, 0.1) is 0 Å². The van der Waals surface area contributed by atoms with Crippen LogP contribution in [0.3, 0.4) is 0 Å². The van der Waals surface area contributed by atoms with Crippen molar-refractivity contribution >= 4 is 11.9 Å². The van der Waals surface area contributed by atoms with Crippen molar-refractivity contribution in [3.63, 3.8) is 0 Å². The summed E-state index contributed by atoms with van der Waals surface area (Å²) in [5, 5.41) is 20.9. The number of nitrogens with zero attached hydrogens (tertiary/aromatic N) is 2. The van der Waals surface area contributed by atoms with Crippen LogP contribution < -0.4 is 0 Å². The van der Waals surface area contributed by atoms with Crippen LogP contribution in [0.15, 0.2) is 95.6 Å². The minimum atomic E-state index is -2.64. The third-order valence-corrected chi connectivity index (χ3v) is 5.96. The zero-order valence-corrected chi connectivity index (χ0v) is 23.8. The van der Waals surface area contributed by atoms with Crippen LogP contribution in [0.2, 0.25) is 0 Å². The summed E-state index contributed by atoms with van der Waals surface area (Å²) in [6.45, 7) is 8.01. The highest BCUT2D eigenvalue weighted by Gasteiger charge is 2.35. The standard InChI is InChI=1S/C32H40N2O6/c1-24(2)8-5-9-25(3)10-6-12-27(23-35)13-7-11-26(4)22-32(38,39-30(36)28-14-18-33-19-15-28)40-31(37)29-16-20-34-21-17-29/h8,10,13-22,35,38H,5-7,9,11-12,23H2,1-4H3/b25-10+,26-22+,27-13+. The van der Waals surface area contributed by atoms with Crippen LogP contribution in [-0.4, -0.2) is 44.7 Å². The van der Waals surface area contributed by atoms with Gasteiger partial charge >= 0.3 is 17.9 Å². The molecule has 0 radical (unpaired) electrons. The van der Waals surface area contributed by atoms with Gasteiger partial charge in [0.1, 0.15) is 0 Å². The molecule has 0 aliphatic heterocycles. The van der Waals surface area contributed by atoms with E-state index in [1.807, 2.05) is 6.08 Å². The molecule has 0 saturated carbocycles. The first-order valence-electron chi connectivity index (χ1n) is 13.4. The number of esters is 2. The number of hydrogen-bond acceptors (Lipinski definition) is 8. The van der Waals surface area contributed by atoms with Gasteiger partial charge in [-0.25, -0.2) is 9.59 Å². The minimum absolute atomic E-state index is 0.0373. The molecule has 0 amide bonds. The molecule has 0 saturated heterocycles. The number of aromatic nitrogens is 2. The first-order chi connectivity index (χ1) is 19.1. The molecular weight excluding hydrogens is 508 g/mol. The zero-order valence-electron chi connectivity index (χ0n) is 23.8. The van der Waals surface area contributed by atoms with Gasteiger partial charge in [0.25, 0.3) is 0 Å². The van der Waals surface area contributed by atoms with Crippen LogP contribution in [0.4, 0.5) is 0 Å². The van der Waals surface area contributed by atoms with Crippen molar-refractivity contribution < 1.29 is 29.3 Å². The van der Waals surface area contributed by atoms with Gasteiger partial charge in [-0.15, -0.1) is 0 Å². The minimum Gasteiger partial charge on any atom is -0.392 e. The van der Waals surface area contributed by atoms with Gasteiger partial charge in [-0.1, -0.05) is 34.9 Å². The molecule has 40 heavy (non-hydrogen) atoms. The second-order valence-electron chi connectivity index (χ2n) is 9.84. The topological polar surface area (TPSA) is 119 Å². The number of hydrogen-bond donors (Lipinski definition) is 2. The maximum Gasteiger partial charge on any atom is 0.396 e. The molecule has 2 aromatic rings. The molecule has 2 N–H and O–H groups in total. The van der Waals surface area contributed by atoms with Gasteiger partial charge in [-0.05, 0) is 96.1 Å². The lowest BCUT2D eigenvalue weighted by molar-refractivity contribution is -0.269. The first kappa shape index (κ1) is 32.3. The summed E-state index contributed by atoms with van der Waals surface area (Å²) in [5.74, 6) is -4.41. The Labute approximate surface area is 236 Å². The van der Waals surface area contributed by atoms with Gasteiger partial charge < -0.3 is 19.7 Å². The van der Waals surface area contributed by atoms with E-state index in [2.05, 4.69) is 42.9 Å². The summed E-state index contributed by atoms with van der Waals surface area (Å²) in [4.78, 5) is 33.0. The number of rotatable bonds is 15. The molecule has 0 aliphatic rings. The normalized spacial score (nSPS) is 12.6. The zero-order chi connectivity index (χ0) is 29.4. The Balaban J connectivity index is 2.06. The molecule has 0 unspecified atom stereocenters. The average Bonchev–Trinajstić information content (AvgIpc) is 2.92. The number of carbonyl (C=O) groups excluding carboxylic acids is 2. The van der Waals surface area contributed by atoms with Crippen LogP contribution in [0.1, 0.15) is 86.9 Å². The van der Waals surface area contributed by atoms with E-state index in [1.54, 1.807) is 6.92 Å². The fraction of sp³-hybridized carbons (Fsp3) is 0.375. The van der Waals surface area contributed by atoms with Gasteiger partial charge in [0.2, 0.25) is 0 Å². The molecule has 0 atom stereocenters. The number of aliphatic hydroxyl groups excluding tert-OH is 1. The molecule has 0 fully saturated rings. The van der Waals surface area contributed by atoms with E-state index in [9.17, 15) is 19.8 Å². The van der Waals surface area contributed by atoms with Crippen LogP contribution in [0.25, 0.3) is 0 Å². The Kier molecular flexibility index (Phi) is 13.7. The number of ether oxygens (including phenoxy) is 2. The van der Waals surface area contributed by atoms with E-state index in [-0.39, 0.29) is 17.7 Å². The van der Waals surface area contributed by atoms with Crippen LogP contribution in [-0.2, 0) is 9.47 Å². The highest BCUT2D eigenvalue weighted by atomic mass is 16.8. The highest BCUT2D eigenvalue weighted by molar-refractivity contribution is 5.91. The van der Waals surface area contributed by atoms with Gasteiger partial charge in [0, 0.05) is 30.9 Å². The molecule has 0 aliphatic carbocycles. The van der Waals surface area contributed by atoms with E-state index in [1.165, 1.54) is 66.3 Å². The average molecular weight is 549 g/mol. The molecule has 2 rings (SSSR count). The van der Waals surface area contributed by atoms with Crippen molar-refractivity contribution in [3.8, 4) is 0 Å². The Morgan fingerprint density at radius 1 is 0.750 bits per heavy atom. The van der Waals surface area contributed by atoms with Crippen LogP contribution >= 0.6 is 0 Å². The molecule has 214 valence electrons. The Morgan fingerprint density at radius 2 is 1.23 bits per heavy atom. The third kappa shape index (κ3) is 12.3. The SMILES string of the molecule is CC(C)=CCC/C(C)=C/CC/C(=C\CC/C(C)=C/C(O)(OC(=O)c1ccncc1)OC(=O)c1ccncc1)CO. The predicted octanol–water partition coefficient (Wildman–Crippen LogP) is 6.25. The Hall–Kier alpha value is -3.88. The van der Waals surface area contributed by atoms with Crippen molar-refractivity contribution in [2.75, 3.05) is 6.61 Å². The van der Waals surface area contributed by atoms with Gasteiger partial charge in [-0.2, -0.15) is 0 Å². The summed E-state index contributed by atoms with van der Waals surface area (Å²) in [6.07, 6.45) is 17.9. The molecular formula is C32H40N2O6. The smallest absolute Gasteiger partial charge is 0.392 e. The highest BCUT2D eigenvalue weighted by Crippen LogP contribution is 2.22. The fourth-order valence-corrected chi connectivity index (χ4v) is 3.77. The van der Waals surface area contributed by atoms with E-state index in [0.29, 0.717) is 18.4 Å². The number of aliphatic hydroxyl groups is 2. The summed E-state index contributed by atoms with van der Waals surface area (Å²) in [6, 6.07) is 5.69. The maximum absolute atomic E-state index is 12.7. The van der Waals surface area contributed by atoms with Crippen molar-refractivity contribution in [1.29, 1.82) is 0 Å². The Morgan fingerprint density at radius 3 is 1.73 bits per heavy atom. The maximum atomic E-state index is 12.7. The van der Waals surface area contributed by atoms with Gasteiger partial charge in [0.05, 0.1) is 17.7 Å². The third-order valence-electron chi connectivity index (χ3n) is 5.96. The molecule has 2 aromatic heterocycles. The molecule has 0 spiro atoms. The summed E-state index contributed by atoms with van der Waals surface area (Å²) in [5.41, 5.74) is 4.46.